The van der Waals surface area contributed by atoms with Crippen LogP contribution in [0, 0.1) is 11.3 Å². The fourth-order valence-corrected chi connectivity index (χ4v) is 4.24. The Kier molecular flexibility index (Phi) is 3.18. The molecule has 0 bridgehead atoms. The molecule has 0 amide bonds. The van der Waals surface area contributed by atoms with Crippen molar-refractivity contribution in [3.63, 3.8) is 0 Å². The molecule has 104 valence electrons. The molecule has 0 aromatic heterocycles. The molecule has 0 spiro atoms. The van der Waals surface area contributed by atoms with Gasteiger partial charge in [-0.15, -0.1) is 0 Å². The minimum Gasteiger partial charge on any atom is -0.385 e. The van der Waals surface area contributed by atoms with Gasteiger partial charge in [0.15, 0.2) is 0 Å². The third-order valence-electron chi connectivity index (χ3n) is 5.72. The van der Waals surface area contributed by atoms with Crippen molar-refractivity contribution in [3.05, 3.63) is 35.4 Å². The minimum atomic E-state index is -0.696. The van der Waals surface area contributed by atoms with Gasteiger partial charge in [0.1, 0.15) is 0 Å². The maximum atomic E-state index is 11.4. The van der Waals surface area contributed by atoms with Crippen LogP contribution in [0.4, 0.5) is 0 Å². The van der Waals surface area contributed by atoms with E-state index in [1.54, 1.807) is 0 Å². The molecule has 2 heteroatoms. The van der Waals surface area contributed by atoms with E-state index in [9.17, 15) is 5.11 Å². The van der Waals surface area contributed by atoms with E-state index in [-0.39, 0.29) is 5.41 Å². The second kappa shape index (κ2) is 4.60. The van der Waals surface area contributed by atoms with Crippen LogP contribution in [0.5, 0.6) is 0 Å². The van der Waals surface area contributed by atoms with Crippen LogP contribution in [0.2, 0.25) is 0 Å². The number of nitrogens with two attached hydrogens (primary N) is 1. The van der Waals surface area contributed by atoms with Gasteiger partial charge in [-0.25, -0.2) is 0 Å². The zero-order valence-electron chi connectivity index (χ0n) is 11.9. The van der Waals surface area contributed by atoms with Gasteiger partial charge >= 0.3 is 0 Å². The first-order valence-electron chi connectivity index (χ1n) is 7.62. The number of fused-ring (bicyclic) bond motifs is 1. The lowest BCUT2D eigenvalue weighted by Gasteiger charge is -2.49. The summed E-state index contributed by atoms with van der Waals surface area (Å²) in [6.45, 7) is 2.91. The van der Waals surface area contributed by atoms with Crippen LogP contribution in [0.25, 0.3) is 0 Å². The van der Waals surface area contributed by atoms with Crippen molar-refractivity contribution in [2.75, 3.05) is 6.54 Å². The number of benzene rings is 1. The smallest absolute Gasteiger partial charge is 0.0970 e. The van der Waals surface area contributed by atoms with Crippen molar-refractivity contribution in [3.8, 4) is 0 Å². The molecule has 1 fully saturated rings. The first-order valence-corrected chi connectivity index (χ1v) is 7.62. The topological polar surface area (TPSA) is 46.2 Å². The molecule has 19 heavy (non-hydrogen) atoms. The minimum absolute atomic E-state index is 0.105. The number of aryl methyl sites for hydroxylation is 1. The highest BCUT2D eigenvalue weighted by Crippen LogP contribution is 2.55. The zero-order chi connectivity index (χ0) is 13.5. The molecule has 1 aromatic carbocycles. The normalized spacial score (nSPS) is 38.2. The van der Waals surface area contributed by atoms with Gasteiger partial charge < -0.3 is 10.8 Å². The quantitative estimate of drug-likeness (QED) is 0.857. The van der Waals surface area contributed by atoms with Gasteiger partial charge in [0.05, 0.1) is 5.60 Å². The van der Waals surface area contributed by atoms with Crippen LogP contribution in [0.1, 0.15) is 50.2 Å². The highest BCUT2D eigenvalue weighted by Gasteiger charge is 2.53. The Morgan fingerprint density at radius 1 is 1.21 bits per heavy atom. The molecule has 1 atom stereocenters. The summed E-state index contributed by atoms with van der Waals surface area (Å²) >= 11 is 0. The predicted octanol–water partition coefficient (Wildman–Crippen LogP) is 2.98. The Morgan fingerprint density at radius 3 is 2.58 bits per heavy atom. The second-order valence-corrected chi connectivity index (χ2v) is 6.68. The Labute approximate surface area is 116 Å². The largest absolute Gasteiger partial charge is 0.385 e. The molecule has 0 heterocycles. The lowest BCUT2D eigenvalue weighted by Crippen LogP contribution is -2.51. The molecule has 0 aliphatic heterocycles. The van der Waals surface area contributed by atoms with Gasteiger partial charge in [0, 0.05) is 12.0 Å². The summed E-state index contributed by atoms with van der Waals surface area (Å²) in [6, 6.07) is 8.38. The summed E-state index contributed by atoms with van der Waals surface area (Å²) in [5.41, 5.74) is 7.81. The summed E-state index contributed by atoms with van der Waals surface area (Å²) in [5.74, 6) is 0.778. The van der Waals surface area contributed by atoms with Gasteiger partial charge in [-0.1, -0.05) is 44.0 Å². The highest BCUT2D eigenvalue weighted by molar-refractivity contribution is 5.39. The van der Waals surface area contributed by atoms with Crippen LogP contribution in [-0.2, 0) is 12.0 Å². The predicted molar refractivity (Wildman–Crippen MR) is 77.8 cm³/mol. The summed E-state index contributed by atoms with van der Waals surface area (Å²) < 4.78 is 0. The molecule has 2 aliphatic rings. The van der Waals surface area contributed by atoms with Crippen LogP contribution in [-0.4, -0.2) is 11.7 Å². The summed E-state index contributed by atoms with van der Waals surface area (Å²) in [5, 5.41) is 11.4. The first kappa shape index (κ1) is 13.1. The van der Waals surface area contributed by atoms with Gasteiger partial charge in [0.25, 0.3) is 0 Å². The van der Waals surface area contributed by atoms with E-state index in [2.05, 4.69) is 25.1 Å². The Morgan fingerprint density at radius 2 is 1.89 bits per heavy atom. The number of hydrogen-bond donors (Lipinski definition) is 2. The summed E-state index contributed by atoms with van der Waals surface area (Å²) in [4.78, 5) is 0. The fraction of sp³-hybridized carbons (Fsp3) is 0.647. The Hall–Kier alpha value is -0.860. The molecule has 1 unspecified atom stereocenters. The monoisotopic (exact) mass is 259 g/mol. The van der Waals surface area contributed by atoms with E-state index in [0.717, 1.165) is 37.2 Å². The van der Waals surface area contributed by atoms with E-state index >= 15 is 0 Å². The molecular formula is C17H25NO. The van der Waals surface area contributed by atoms with Crippen molar-refractivity contribution >= 4 is 0 Å². The van der Waals surface area contributed by atoms with Gasteiger partial charge in [0.2, 0.25) is 0 Å². The van der Waals surface area contributed by atoms with E-state index in [1.165, 1.54) is 18.4 Å². The molecule has 0 radical (unpaired) electrons. The van der Waals surface area contributed by atoms with Crippen LogP contribution < -0.4 is 5.73 Å². The van der Waals surface area contributed by atoms with Crippen molar-refractivity contribution in [2.45, 2.75) is 51.0 Å². The maximum absolute atomic E-state index is 11.4. The lowest BCUT2D eigenvalue weighted by atomic mass is 9.59. The van der Waals surface area contributed by atoms with E-state index in [0.29, 0.717) is 6.54 Å². The first-order chi connectivity index (χ1) is 9.11. The summed E-state index contributed by atoms with van der Waals surface area (Å²) in [6.07, 6.45) is 6.36. The van der Waals surface area contributed by atoms with Crippen LogP contribution in [0.15, 0.2) is 24.3 Å². The molecule has 0 saturated heterocycles. The van der Waals surface area contributed by atoms with Crippen molar-refractivity contribution in [2.24, 2.45) is 17.1 Å². The van der Waals surface area contributed by atoms with Crippen molar-refractivity contribution < 1.29 is 5.11 Å². The SMILES string of the molecule is CC1CCC(CN)(C2(O)CCc3ccccc32)CC1. The van der Waals surface area contributed by atoms with E-state index in [4.69, 9.17) is 5.73 Å². The maximum Gasteiger partial charge on any atom is 0.0970 e. The Bertz CT molecular complexity index is 462. The third-order valence-corrected chi connectivity index (χ3v) is 5.72. The van der Waals surface area contributed by atoms with Gasteiger partial charge in [-0.3, -0.25) is 0 Å². The fourth-order valence-electron chi connectivity index (χ4n) is 4.24. The lowest BCUT2D eigenvalue weighted by molar-refractivity contribution is -0.109. The molecule has 1 saturated carbocycles. The van der Waals surface area contributed by atoms with Gasteiger partial charge in [-0.05, 0) is 42.7 Å². The van der Waals surface area contributed by atoms with Gasteiger partial charge in [-0.2, -0.15) is 0 Å². The van der Waals surface area contributed by atoms with Crippen LogP contribution in [0.3, 0.4) is 0 Å². The average molecular weight is 259 g/mol. The van der Waals surface area contributed by atoms with Crippen LogP contribution >= 0.6 is 0 Å². The van der Waals surface area contributed by atoms with Crippen molar-refractivity contribution in [1.29, 1.82) is 0 Å². The van der Waals surface area contributed by atoms with E-state index in [1.807, 2.05) is 6.07 Å². The zero-order valence-corrected chi connectivity index (χ0v) is 11.9. The second-order valence-electron chi connectivity index (χ2n) is 6.68. The Balaban J connectivity index is 2.00. The average Bonchev–Trinajstić information content (AvgIpc) is 2.80. The standard InChI is InChI=1S/C17H25NO/c1-13-6-9-16(12-18,10-7-13)17(19)11-8-14-4-2-3-5-15(14)17/h2-5,13,19H,6-12,18H2,1H3. The van der Waals surface area contributed by atoms with E-state index < -0.39 is 5.60 Å². The third kappa shape index (κ3) is 1.85. The molecule has 2 nitrogen and oxygen atoms in total. The molecule has 2 aliphatic carbocycles. The molecule has 3 N–H and O–H groups in total. The van der Waals surface area contributed by atoms with Crippen molar-refractivity contribution in [1.82, 2.24) is 0 Å². The number of aliphatic hydroxyl groups is 1. The molecule has 3 rings (SSSR count). The highest BCUT2D eigenvalue weighted by atomic mass is 16.3. The number of hydrogen-bond acceptors (Lipinski definition) is 2. The molecular weight excluding hydrogens is 234 g/mol. The summed E-state index contributed by atoms with van der Waals surface area (Å²) in [7, 11) is 0. The molecule has 1 aromatic rings. The number of rotatable bonds is 2.